The van der Waals surface area contributed by atoms with Crippen LogP contribution in [0.2, 0.25) is 0 Å². The van der Waals surface area contributed by atoms with E-state index in [0.717, 1.165) is 12.1 Å². The van der Waals surface area contributed by atoms with Gasteiger partial charge in [0, 0.05) is 36.1 Å². The summed E-state index contributed by atoms with van der Waals surface area (Å²) in [5.74, 6) is -2.95. The van der Waals surface area contributed by atoms with E-state index in [9.17, 15) is 23.6 Å². The van der Waals surface area contributed by atoms with E-state index in [1.165, 1.54) is 12.0 Å². The zero-order valence-electron chi connectivity index (χ0n) is 14.7. The predicted molar refractivity (Wildman–Crippen MR) is 88.3 cm³/mol. The van der Waals surface area contributed by atoms with E-state index >= 15 is 0 Å². The normalized spacial score (nSPS) is 20.2. The number of methoxy groups -OCH3 is 1. The summed E-state index contributed by atoms with van der Waals surface area (Å²) in [5.41, 5.74) is -1.78. The average molecular weight is 360 g/mol. The van der Waals surface area contributed by atoms with Gasteiger partial charge in [0.2, 0.25) is 0 Å². The SMILES string of the molecule is COc1cc(F)c(C(=O)N2CC3(C=C(C#N)C(=O)C(C)(C)C3)C2)c(F)c1. The summed E-state index contributed by atoms with van der Waals surface area (Å²) in [4.78, 5) is 26.1. The number of ether oxygens (including phenoxy) is 1. The highest BCUT2D eigenvalue weighted by Gasteiger charge is 2.52. The van der Waals surface area contributed by atoms with Crippen LogP contribution in [0.25, 0.3) is 0 Å². The van der Waals surface area contributed by atoms with Gasteiger partial charge in [-0.25, -0.2) is 8.78 Å². The van der Waals surface area contributed by atoms with Crippen molar-refractivity contribution in [2.24, 2.45) is 10.8 Å². The van der Waals surface area contributed by atoms with Gasteiger partial charge in [-0.15, -0.1) is 0 Å². The third kappa shape index (κ3) is 2.75. The number of rotatable bonds is 2. The Morgan fingerprint density at radius 3 is 2.35 bits per heavy atom. The highest BCUT2D eigenvalue weighted by atomic mass is 19.1. The molecule has 0 aromatic heterocycles. The van der Waals surface area contributed by atoms with Crippen LogP contribution in [0.15, 0.2) is 23.8 Å². The Morgan fingerprint density at radius 1 is 1.27 bits per heavy atom. The van der Waals surface area contributed by atoms with Gasteiger partial charge >= 0.3 is 0 Å². The minimum atomic E-state index is -0.986. The smallest absolute Gasteiger partial charge is 0.259 e. The molecule has 0 radical (unpaired) electrons. The third-order valence-electron chi connectivity index (χ3n) is 4.99. The lowest BCUT2D eigenvalue weighted by Crippen LogP contribution is -2.61. The van der Waals surface area contributed by atoms with Gasteiger partial charge in [0.1, 0.15) is 29.0 Å². The highest BCUT2D eigenvalue weighted by molar-refractivity contribution is 6.04. The first-order valence-electron chi connectivity index (χ1n) is 8.12. The van der Waals surface area contributed by atoms with E-state index in [0.29, 0.717) is 6.42 Å². The van der Waals surface area contributed by atoms with E-state index < -0.39 is 33.9 Å². The number of nitrogens with zero attached hydrogens (tertiary/aromatic N) is 2. The lowest BCUT2D eigenvalue weighted by Gasteiger charge is -2.53. The maximum absolute atomic E-state index is 14.1. The van der Waals surface area contributed by atoms with Crippen LogP contribution in [-0.4, -0.2) is 36.8 Å². The second-order valence-corrected chi connectivity index (χ2v) is 7.55. The van der Waals surface area contributed by atoms with Crippen LogP contribution in [-0.2, 0) is 4.79 Å². The predicted octanol–water partition coefficient (Wildman–Crippen LogP) is 2.86. The monoisotopic (exact) mass is 360 g/mol. The molecule has 1 spiro atoms. The molecule has 1 heterocycles. The summed E-state index contributed by atoms with van der Waals surface area (Å²) >= 11 is 0. The van der Waals surface area contributed by atoms with Gasteiger partial charge < -0.3 is 9.64 Å². The van der Waals surface area contributed by atoms with Crippen molar-refractivity contribution < 1.29 is 23.1 Å². The molecule has 26 heavy (non-hydrogen) atoms. The summed E-state index contributed by atoms with van der Waals surface area (Å²) in [5, 5.41) is 9.19. The van der Waals surface area contributed by atoms with E-state index in [-0.39, 0.29) is 30.2 Å². The van der Waals surface area contributed by atoms with Crippen molar-refractivity contribution in [1.82, 2.24) is 4.90 Å². The topological polar surface area (TPSA) is 70.4 Å². The van der Waals surface area contributed by atoms with Crippen molar-refractivity contribution in [3.63, 3.8) is 0 Å². The fraction of sp³-hybridized carbons (Fsp3) is 0.421. The zero-order valence-corrected chi connectivity index (χ0v) is 14.7. The molecule has 5 nitrogen and oxygen atoms in total. The van der Waals surface area contributed by atoms with E-state index in [1.807, 2.05) is 6.07 Å². The number of hydrogen-bond donors (Lipinski definition) is 0. The molecule has 1 aromatic rings. The quantitative estimate of drug-likeness (QED) is 0.813. The van der Waals surface area contributed by atoms with Gasteiger partial charge in [-0.05, 0) is 6.42 Å². The number of nitriles is 1. The molecule has 3 rings (SSSR count). The standard InChI is InChI=1S/C19H18F2N2O3/c1-18(2)8-19(6-11(7-22)16(18)24)9-23(10-19)17(25)15-13(20)4-12(26-3)5-14(15)21/h4-6H,8-10H2,1-3H3. The Balaban J connectivity index is 1.84. The lowest BCUT2D eigenvalue weighted by atomic mass is 9.61. The minimum Gasteiger partial charge on any atom is -0.497 e. The Labute approximate surface area is 149 Å². The summed E-state index contributed by atoms with van der Waals surface area (Å²) < 4.78 is 33.0. The van der Waals surface area contributed by atoms with E-state index in [1.54, 1.807) is 19.9 Å². The van der Waals surface area contributed by atoms with Gasteiger partial charge in [-0.2, -0.15) is 5.26 Å². The van der Waals surface area contributed by atoms with Gasteiger partial charge in [-0.1, -0.05) is 19.9 Å². The first-order chi connectivity index (χ1) is 12.1. The number of benzene rings is 1. The second-order valence-electron chi connectivity index (χ2n) is 7.55. The number of hydrogen-bond acceptors (Lipinski definition) is 4. The molecule has 1 aliphatic carbocycles. The molecule has 2 aliphatic rings. The van der Waals surface area contributed by atoms with Gasteiger partial charge in [-0.3, -0.25) is 9.59 Å². The fourth-order valence-corrected chi connectivity index (χ4v) is 3.92. The zero-order chi connectivity index (χ0) is 19.3. The van der Waals surface area contributed by atoms with Crippen LogP contribution in [0.1, 0.15) is 30.6 Å². The molecule has 1 saturated heterocycles. The lowest BCUT2D eigenvalue weighted by molar-refractivity contribution is -0.127. The summed E-state index contributed by atoms with van der Waals surface area (Å²) in [7, 11) is 1.28. The molecule has 0 N–H and O–H groups in total. The largest absolute Gasteiger partial charge is 0.497 e. The molecular formula is C19H18F2N2O3. The molecular weight excluding hydrogens is 342 g/mol. The first kappa shape index (κ1) is 18.1. The molecule has 1 fully saturated rings. The maximum atomic E-state index is 14.1. The number of carbonyl (C=O) groups excluding carboxylic acids is 2. The van der Waals surface area contributed by atoms with Crippen molar-refractivity contribution in [3.05, 3.63) is 41.0 Å². The second kappa shape index (κ2) is 5.90. The summed E-state index contributed by atoms with van der Waals surface area (Å²) in [6.45, 7) is 3.93. The Morgan fingerprint density at radius 2 is 1.85 bits per heavy atom. The van der Waals surface area contributed by atoms with Crippen molar-refractivity contribution in [2.75, 3.05) is 20.2 Å². The van der Waals surface area contributed by atoms with Crippen molar-refractivity contribution >= 4 is 11.7 Å². The van der Waals surface area contributed by atoms with E-state index in [2.05, 4.69) is 0 Å². The van der Waals surface area contributed by atoms with Gasteiger partial charge in [0.25, 0.3) is 5.91 Å². The van der Waals surface area contributed by atoms with Crippen LogP contribution in [0.5, 0.6) is 5.75 Å². The van der Waals surface area contributed by atoms with Crippen molar-refractivity contribution in [3.8, 4) is 11.8 Å². The fourth-order valence-electron chi connectivity index (χ4n) is 3.92. The minimum absolute atomic E-state index is 0.00855. The molecule has 0 atom stereocenters. The third-order valence-corrected chi connectivity index (χ3v) is 4.99. The Bertz CT molecular complexity index is 854. The number of likely N-dealkylation sites (tertiary alicyclic amines) is 1. The number of carbonyl (C=O) groups is 2. The summed E-state index contributed by atoms with van der Waals surface area (Å²) in [6, 6.07) is 3.83. The van der Waals surface area contributed by atoms with Crippen LogP contribution in [0, 0.1) is 33.8 Å². The summed E-state index contributed by atoms with van der Waals surface area (Å²) in [6.07, 6.45) is 2.08. The molecule has 0 saturated carbocycles. The molecule has 0 unspecified atom stereocenters. The van der Waals surface area contributed by atoms with Crippen LogP contribution >= 0.6 is 0 Å². The number of halogens is 2. The van der Waals surface area contributed by atoms with E-state index in [4.69, 9.17) is 4.74 Å². The number of allylic oxidation sites excluding steroid dienone is 1. The Hall–Kier alpha value is -2.75. The first-order valence-corrected chi connectivity index (χ1v) is 8.12. The molecule has 0 bridgehead atoms. The van der Waals surface area contributed by atoms with Crippen LogP contribution < -0.4 is 4.74 Å². The van der Waals surface area contributed by atoms with Crippen LogP contribution in [0.3, 0.4) is 0 Å². The maximum Gasteiger partial charge on any atom is 0.259 e. The molecule has 7 heteroatoms. The molecule has 1 aromatic carbocycles. The van der Waals surface area contributed by atoms with Crippen LogP contribution in [0.4, 0.5) is 8.78 Å². The molecule has 136 valence electrons. The number of Topliss-reactive ketones (excluding diaryl/α,β-unsaturated/α-hetero) is 1. The average Bonchev–Trinajstić information content (AvgIpc) is 2.54. The van der Waals surface area contributed by atoms with Gasteiger partial charge in [0.15, 0.2) is 5.78 Å². The van der Waals surface area contributed by atoms with Crippen molar-refractivity contribution in [2.45, 2.75) is 20.3 Å². The highest BCUT2D eigenvalue weighted by Crippen LogP contribution is 2.48. The molecule has 1 amide bonds. The Kier molecular flexibility index (Phi) is 4.10. The van der Waals surface area contributed by atoms with Crippen molar-refractivity contribution in [1.29, 1.82) is 5.26 Å². The number of amides is 1. The van der Waals surface area contributed by atoms with Gasteiger partial charge in [0.05, 0.1) is 12.7 Å². The molecule has 1 aliphatic heterocycles. The number of ketones is 1.